The van der Waals surface area contributed by atoms with E-state index in [9.17, 15) is 9.90 Å². The van der Waals surface area contributed by atoms with Gasteiger partial charge in [0.05, 0.1) is 18.1 Å². The summed E-state index contributed by atoms with van der Waals surface area (Å²) < 4.78 is 5.59. The van der Waals surface area contributed by atoms with Gasteiger partial charge in [0, 0.05) is 5.92 Å². The molecule has 4 rings (SSSR count). The fourth-order valence-corrected chi connectivity index (χ4v) is 3.61. The van der Waals surface area contributed by atoms with Crippen LogP contribution in [0.3, 0.4) is 0 Å². The van der Waals surface area contributed by atoms with Crippen molar-refractivity contribution >= 4 is 5.97 Å². The lowest BCUT2D eigenvalue weighted by atomic mass is 9.57. The van der Waals surface area contributed by atoms with Crippen LogP contribution in [-0.2, 0) is 9.53 Å². The number of fused-ring (bicyclic) bond motifs is 1. The molecule has 3 aliphatic carbocycles. The molecule has 1 saturated heterocycles. The first-order valence-electron chi connectivity index (χ1n) is 5.07. The van der Waals surface area contributed by atoms with Crippen LogP contribution in [0.15, 0.2) is 0 Å². The average molecular weight is 182 g/mol. The Labute approximate surface area is 77.1 Å². The van der Waals surface area contributed by atoms with Crippen molar-refractivity contribution < 1.29 is 14.6 Å². The van der Waals surface area contributed by atoms with Gasteiger partial charge in [-0.2, -0.15) is 0 Å². The van der Waals surface area contributed by atoms with Crippen LogP contribution in [0.1, 0.15) is 25.7 Å². The number of rotatable bonds is 1. The van der Waals surface area contributed by atoms with Gasteiger partial charge in [-0.25, -0.2) is 0 Å². The molecule has 0 aromatic carbocycles. The lowest BCUT2D eigenvalue weighted by Gasteiger charge is -2.45. The number of carboxylic acids is 1. The van der Waals surface area contributed by atoms with E-state index in [1.54, 1.807) is 0 Å². The van der Waals surface area contributed by atoms with Crippen LogP contribution in [0.2, 0.25) is 0 Å². The molecule has 0 radical (unpaired) electrons. The maximum Gasteiger partial charge on any atom is 0.312 e. The largest absolute Gasteiger partial charge is 0.481 e. The summed E-state index contributed by atoms with van der Waals surface area (Å²) in [7, 11) is 0. The molecular weight excluding hydrogens is 168 g/mol. The highest BCUT2D eigenvalue weighted by Crippen LogP contribution is 2.57. The van der Waals surface area contributed by atoms with Gasteiger partial charge < -0.3 is 9.84 Å². The minimum absolute atomic E-state index is 0.267. The summed E-state index contributed by atoms with van der Waals surface area (Å²) >= 11 is 0. The van der Waals surface area contributed by atoms with Crippen LogP contribution in [0.4, 0.5) is 0 Å². The second kappa shape index (κ2) is 2.27. The van der Waals surface area contributed by atoms with Crippen LogP contribution in [0, 0.1) is 17.3 Å². The minimum atomic E-state index is -0.621. The first kappa shape index (κ1) is 7.80. The highest BCUT2D eigenvalue weighted by Gasteiger charge is 2.61. The van der Waals surface area contributed by atoms with Gasteiger partial charge in [-0.1, -0.05) is 0 Å². The summed E-state index contributed by atoms with van der Waals surface area (Å²) in [6.45, 7) is 0.466. The number of carbonyl (C=O) groups is 1. The lowest BCUT2D eigenvalue weighted by molar-refractivity contribution is -0.156. The summed E-state index contributed by atoms with van der Waals surface area (Å²) in [5, 5.41) is 9.26. The molecule has 0 aromatic heterocycles. The molecule has 4 aliphatic rings. The lowest BCUT2D eigenvalue weighted by Crippen LogP contribution is -2.48. The van der Waals surface area contributed by atoms with Crippen LogP contribution < -0.4 is 0 Å². The molecule has 4 fully saturated rings. The van der Waals surface area contributed by atoms with E-state index in [0.29, 0.717) is 18.4 Å². The molecule has 4 atom stereocenters. The van der Waals surface area contributed by atoms with Crippen molar-refractivity contribution in [1.29, 1.82) is 0 Å². The van der Waals surface area contributed by atoms with Crippen LogP contribution in [0.5, 0.6) is 0 Å². The summed E-state index contributed by atoms with van der Waals surface area (Å²) in [5.41, 5.74) is -0.494. The molecule has 1 aliphatic heterocycles. The Kier molecular flexibility index (Phi) is 1.36. The van der Waals surface area contributed by atoms with Gasteiger partial charge in [0.2, 0.25) is 0 Å². The summed E-state index contributed by atoms with van der Waals surface area (Å²) in [6.07, 6.45) is 4.54. The smallest absolute Gasteiger partial charge is 0.312 e. The first-order valence-corrected chi connectivity index (χ1v) is 5.07. The maximum absolute atomic E-state index is 11.2. The van der Waals surface area contributed by atoms with Gasteiger partial charge in [-0.3, -0.25) is 4.79 Å². The quantitative estimate of drug-likeness (QED) is 0.664. The third kappa shape index (κ3) is 0.810. The topological polar surface area (TPSA) is 46.5 Å². The van der Waals surface area contributed by atoms with Crippen molar-refractivity contribution in [2.45, 2.75) is 31.8 Å². The van der Waals surface area contributed by atoms with Gasteiger partial charge in [0.15, 0.2) is 0 Å². The SMILES string of the molecule is O=C(O)C12COC3CC(CCC31)C2. The Morgan fingerprint density at radius 1 is 1.46 bits per heavy atom. The predicted molar refractivity (Wildman–Crippen MR) is 45.3 cm³/mol. The van der Waals surface area contributed by atoms with Crippen molar-refractivity contribution in [3.8, 4) is 0 Å². The zero-order chi connectivity index (χ0) is 9.05. The van der Waals surface area contributed by atoms with Gasteiger partial charge in [0.1, 0.15) is 0 Å². The van der Waals surface area contributed by atoms with Crippen LogP contribution in [0.25, 0.3) is 0 Å². The standard InChI is InChI=1S/C10H14O3/c11-9(12)10-4-6-1-2-7(10)8(3-6)13-5-10/h6-8H,1-5H2,(H,11,12). The molecule has 13 heavy (non-hydrogen) atoms. The number of ether oxygens (including phenoxy) is 1. The van der Waals surface area contributed by atoms with Gasteiger partial charge in [0.25, 0.3) is 0 Å². The molecule has 4 bridgehead atoms. The fraction of sp³-hybridized carbons (Fsp3) is 0.900. The normalized spacial score (nSPS) is 52.5. The van der Waals surface area contributed by atoms with E-state index in [1.807, 2.05) is 0 Å². The number of hydrogen-bond acceptors (Lipinski definition) is 2. The predicted octanol–water partition coefficient (Wildman–Crippen LogP) is 1.28. The highest BCUT2D eigenvalue weighted by atomic mass is 16.5. The monoisotopic (exact) mass is 182 g/mol. The van der Waals surface area contributed by atoms with E-state index in [0.717, 1.165) is 19.3 Å². The van der Waals surface area contributed by atoms with E-state index in [1.165, 1.54) is 6.42 Å². The van der Waals surface area contributed by atoms with E-state index in [-0.39, 0.29) is 6.10 Å². The van der Waals surface area contributed by atoms with Gasteiger partial charge in [-0.15, -0.1) is 0 Å². The number of aliphatic carboxylic acids is 1. The Morgan fingerprint density at radius 2 is 2.31 bits per heavy atom. The van der Waals surface area contributed by atoms with E-state index in [2.05, 4.69) is 0 Å². The van der Waals surface area contributed by atoms with Crippen molar-refractivity contribution in [2.24, 2.45) is 17.3 Å². The molecule has 0 aromatic rings. The molecule has 1 N–H and O–H groups in total. The second-order valence-corrected chi connectivity index (χ2v) is 4.80. The van der Waals surface area contributed by atoms with E-state index < -0.39 is 11.4 Å². The molecule has 4 unspecified atom stereocenters. The summed E-state index contributed by atoms with van der Waals surface area (Å²) in [5.74, 6) is 0.313. The third-order valence-electron chi connectivity index (χ3n) is 4.24. The van der Waals surface area contributed by atoms with Crippen molar-refractivity contribution in [1.82, 2.24) is 0 Å². The number of carboxylic acid groups (broad SMARTS) is 1. The zero-order valence-corrected chi connectivity index (χ0v) is 7.53. The Balaban J connectivity index is 2.02. The Morgan fingerprint density at radius 3 is 2.92 bits per heavy atom. The summed E-state index contributed by atoms with van der Waals surface area (Å²) in [4.78, 5) is 11.2. The average Bonchev–Trinajstić information content (AvgIpc) is 2.41. The van der Waals surface area contributed by atoms with Crippen molar-refractivity contribution in [3.05, 3.63) is 0 Å². The molecule has 3 saturated carbocycles. The van der Waals surface area contributed by atoms with Gasteiger partial charge in [-0.05, 0) is 31.6 Å². The Bertz CT molecular complexity index is 263. The minimum Gasteiger partial charge on any atom is -0.481 e. The summed E-state index contributed by atoms with van der Waals surface area (Å²) in [6, 6.07) is 0. The first-order chi connectivity index (χ1) is 6.22. The molecular formula is C10H14O3. The molecule has 0 amide bonds. The molecule has 0 spiro atoms. The van der Waals surface area contributed by atoms with Crippen molar-refractivity contribution in [2.75, 3.05) is 6.61 Å². The maximum atomic E-state index is 11.2. The third-order valence-corrected chi connectivity index (χ3v) is 4.24. The van der Waals surface area contributed by atoms with E-state index >= 15 is 0 Å². The van der Waals surface area contributed by atoms with Crippen LogP contribution in [-0.4, -0.2) is 23.8 Å². The fourth-order valence-electron chi connectivity index (χ4n) is 3.61. The van der Waals surface area contributed by atoms with E-state index in [4.69, 9.17) is 4.74 Å². The molecule has 1 heterocycles. The zero-order valence-electron chi connectivity index (χ0n) is 7.53. The highest BCUT2D eigenvalue weighted by molar-refractivity contribution is 5.76. The van der Waals surface area contributed by atoms with Crippen LogP contribution >= 0.6 is 0 Å². The molecule has 3 nitrogen and oxygen atoms in total. The van der Waals surface area contributed by atoms with Crippen molar-refractivity contribution in [3.63, 3.8) is 0 Å². The Hall–Kier alpha value is -0.570. The van der Waals surface area contributed by atoms with Gasteiger partial charge >= 0.3 is 5.97 Å². The molecule has 3 heteroatoms. The second-order valence-electron chi connectivity index (χ2n) is 4.80. The molecule has 72 valence electrons. The number of hydrogen-bond donors (Lipinski definition) is 1.